The summed E-state index contributed by atoms with van der Waals surface area (Å²) in [5.41, 5.74) is 5.61. The standard InChI is InChI=1S/C12H18ClN3OS/c1-9(14)12(17)16-6-4-15(5-7-16)8-10-2-3-11(13)18-10/h2-3,9H,4-8,14H2,1H3. The van der Waals surface area contributed by atoms with Gasteiger partial charge in [-0.3, -0.25) is 9.69 Å². The van der Waals surface area contributed by atoms with Gasteiger partial charge in [-0.2, -0.15) is 0 Å². The van der Waals surface area contributed by atoms with Gasteiger partial charge in [0.25, 0.3) is 0 Å². The highest BCUT2D eigenvalue weighted by molar-refractivity contribution is 7.16. The Morgan fingerprint density at radius 3 is 2.61 bits per heavy atom. The van der Waals surface area contributed by atoms with Crippen LogP contribution in [0.3, 0.4) is 0 Å². The SMILES string of the molecule is CC(N)C(=O)N1CCN(Cc2ccc(Cl)s2)CC1. The second-order valence-corrected chi connectivity index (χ2v) is 6.40. The molecule has 2 rings (SSSR count). The molecule has 1 saturated heterocycles. The predicted molar refractivity (Wildman–Crippen MR) is 74.8 cm³/mol. The smallest absolute Gasteiger partial charge is 0.239 e. The first-order valence-electron chi connectivity index (χ1n) is 6.07. The van der Waals surface area contributed by atoms with Crippen LogP contribution in [0, 0.1) is 0 Å². The first-order chi connectivity index (χ1) is 8.56. The average molecular weight is 288 g/mol. The molecule has 0 saturated carbocycles. The molecule has 2 N–H and O–H groups in total. The van der Waals surface area contributed by atoms with Crippen molar-refractivity contribution in [1.29, 1.82) is 0 Å². The van der Waals surface area contributed by atoms with Crippen LogP contribution in [0.1, 0.15) is 11.8 Å². The van der Waals surface area contributed by atoms with Crippen molar-refractivity contribution in [3.63, 3.8) is 0 Å². The molecule has 1 atom stereocenters. The first kappa shape index (κ1) is 13.8. The molecule has 4 nitrogen and oxygen atoms in total. The van der Waals surface area contributed by atoms with Crippen molar-refractivity contribution < 1.29 is 4.79 Å². The maximum atomic E-state index is 11.7. The van der Waals surface area contributed by atoms with Crippen LogP contribution in [0.5, 0.6) is 0 Å². The summed E-state index contributed by atoms with van der Waals surface area (Å²) in [5, 5.41) is 0. The summed E-state index contributed by atoms with van der Waals surface area (Å²) in [6.45, 7) is 5.97. The number of halogens is 1. The zero-order valence-corrected chi connectivity index (χ0v) is 12.0. The number of hydrogen-bond donors (Lipinski definition) is 1. The Morgan fingerprint density at radius 1 is 1.44 bits per heavy atom. The van der Waals surface area contributed by atoms with Crippen molar-refractivity contribution in [2.45, 2.75) is 19.5 Å². The lowest BCUT2D eigenvalue weighted by Crippen LogP contribution is -2.52. The van der Waals surface area contributed by atoms with Gasteiger partial charge in [-0.25, -0.2) is 0 Å². The van der Waals surface area contributed by atoms with Crippen LogP contribution in [-0.2, 0) is 11.3 Å². The summed E-state index contributed by atoms with van der Waals surface area (Å²) in [6, 6.07) is 3.59. The molecule has 0 aromatic carbocycles. The van der Waals surface area contributed by atoms with Crippen LogP contribution >= 0.6 is 22.9 Å². The van der Waals surface area contributed by atoms with Crippen LogP contribution in [-0.4, -0.2) is 47.9 Å². The molecule has 0 radical (unpaired) electrons. The van der Waals surface area contributed by atoms with Gasteiger partial charge >= 0.3 is 0 Å². The number of rotatable bonds is 3. The van der Waals surface area contributed by atoms with Crippen LogP contribution in [0.25, 0.3) is 0 Å². The number of thiophene rings is 1. The highest BCUT2D eigenvalue weighted by Crippen LogP contribution is 2.23. The van der Waals surface area contributed by atoms with Crippen LogP contribution < -0.4 is 5.73 Å². The lowest BCUT2D eigenvalue weighted by atomic mass is 10.2. The molecule has 0 aliphatic carbocycles. The van der Waals surface area contributed by atoms with E-state index in [1.807, 2.05) is 11.0 Å². The zero-order chi connectivity index (χ0) is 13.1. The summed E-state index contributed by atoms with van der Waals surface area (Å²) >= 11 is 7.53. The largest absolute Gasteiger partial charge is 0.339 e. The molecule has 0 bridgehead atoms. The van der Waals surface area contributed by atoms with Gasteiger partial charge in [0.05, 0.1) is 10.4 Å². The predicted octanol–water partition coefficient (Wildman–Crippen LogP) is 1.39. The monoisotopic (exact) mass is 287 g/mol. The minimum absolute atomic E-state index is 0.0498. The molecule has 1 fully saturated rings. The van der Waals surface area contributed by atoms with Crippen molar-refractivity contribution in [3.05, 3.63) is 21.3 Å². The summed E-state index contributed by atoms with van der Waals surface area (Å²) in [6.07, 6.45) is 0. The molecule has 100 valence electrons. The molecule has 1 aliphatic rings. The topological polar surface area (TPSA) is 49.6 Å². The van der Waals surface area contributed by atoms with Crippen LogP contribution in [0.2, 0.25) is 4.34 Å². The zero-order valence-electron chi connectivity index (χ0n) is 10.4. The molecule has 1 unspecified atom stereocenters. The molecule has 1 aromatic rings. The third-order valence-corrected chi connectivity index (χ3v) is 4.30. The van der Waals surface area contributed by atoms with Crippen molar-refractivity contribution in [2.75, 3.05) is 26.2 Å². The van der Waals surface area contributed by atoms with E-state index in [0.29, 0.717) is 0 Å². The Bertz CT molecular complexity index is 413. The Hall–Kier alpha value is -0.620. The van der Waals surface area contributed by atoms with Gasteiger partial charge in [0.1, 0.15) is 0 Å². The van der Waals surface area contributed by atoms with E-state index in [1.54, 1.807) is 18.3 Å². The lowest BCUT2D eigenvalue weighted by molar-refractivity contribution is -0.134. The minimum Gasteiger partial charge on any atom is -0.339 e. The lowest BCUT2D eigenvalue weighted by Gasteiger charge is -2.35. The number of nitrogens with two attached hydrogens (primary N) is 1. The van der Waals surface area contributed by atoms with E-state index in [0.717, 1.165) is 37.1 Å². The first-order valence-corrected chi connectivity index (χ1v) is 7.26. The van der Waals surface area contributed by atoms with E-state index in [-0.39, 0.29) is 5.91 Å². The maximum absolute atomic E-state index is 11.7. The quantitative estimate of drug-likeness (QED) is 0.914. The van der Waals surface area contributed by atoms with E-state index < -0.39 is 6.04 Å². The van der Waals surface area contributed by atoms with E-state index in [2.05, 4.69) is 11.0 Å². The van der Waals surface area contributed by atoms with Gasteiger partial charge in [-0.05, 0) is 19.1 Å². The van der Waals surface area contributed by atoms with E-state index in [4.69, 9.17) is 17.3 Å². The fraction of sp³-hybridized carbons (Fsp3) is 0.583. The van der Waals surface area contributed by atoms with Crippen LogP contribution in [0.15, 0.2) is 12.1 Å². The number of carbonyl (C=O) groups excluding carboxylic acids is 1. The summed E-state index contributed by atoms with van der Waals surface area (Å²) in [4.78, 5) is 17.2. The Balaban J connectivity index is 1.82. The Morgan fingerprint density at radius 2 is 2.11 bits per heavy atom. The fourth-order valence-electron chi connectivity index (χ4n) is 2.07. The number of hydrogen-bond acceptors (Lipinski definition) is 4. The van der Waals surface area contributed by atoms with E-state index in [9.17, 15) is 4.79 Å². The molecule has 6 heteroatoms. The molecule has 18 heavy (non-hydrogen) atoms. The molecular formula is C12H18ClN3OS. The third kappa shape index (κ3) is 3.45. The Labute approximate surface area is 116 Å². The average Bonchev–Trinajstić information content (AvgIpc) is 2.75. The van der Waals surface area contributed by atoms with E-state index in [1.165, 1.54) is 4.88 Å². The van der Waals surface area contributed by atoms with Crippen molar-refractivity contribution >= 4 is 28.8 Å². The number of piperazine rings is 1. The summed E-state index contributed by atoms with van der Waals surface area (Å²) in [7, 11) is 0. The molecule has 1 amide bonds. The van der Waals surface area contributed by atoms with Gasteiger partial charge in [0.15, 0.2) is 0 Å². The van der Waals surface area contributed by atoms with Gasteiger partial charge < -0.3 is 10.6 Å². The highest BCUT2D eigenvalue weighted by atomic mass is 35.5. The third-order valence-electron chi connectivity index (χ3n) is 3.08. The Kier molecular flexibility index (Phi) is 4.61. The molecule has 2 heterocycles. The summed E-state index contributed by atoms with van der Waals surface area (Å²) in [5.74, 6) is 0.0498. The van der Waals surface area contributed by atoms with E-state index >= 15 is 0 Å². The number of carbonyl (C=O) groups is 1. The van der Waals surface area contributed by atoms with Gasteiger partial charge in [-0.15, -0.1) is 11.3 Å². The van der Waals surface area contributed by atoms with Gasteiger partial charge in [0.2, 0.25) is 5.91 Å². The maximum Gasteiger partial charge on any atom is 0.239 e. The normalized spacial score (nSPS) is 18.9. The molecular weight excluding hydrogens is 270 g/mol. The second kappa shape index (κ2) is 6.02. The van der Waals surface area contributed by atoms with Crippen LogP contribution in [0.4, 0.5) is 0 Å². The van der Waals surface area contributed by atoms with Gasteiger partial charge in [-0.1, -0.05) is 11.6 Å². The van der Waals surface area contributed by atoms with Crippen molar-refractivity contribution in [3.8, 4) is 0 Å². The molecule has 1 aliphatic heterocycles. The number of amides is 1. The second-order valence-electron chi connectivity index (χ2n) is 4.60. The number of nitrogens with zero attached hydrogens (tertiary/aromatic N) is 2. The van der Waals surface area contributed by atoms with Gasteiger partial charge in [0, 0.05) is 37.6 Å². The summed E-state index contributed by atoms with van der Waals surface area (Å²) < 4.78 is 0.829. The molecule has 1 aromatic heterocycles. The van der Waals surface area contributed by atoms with Crippen molar-refractivity contribution in [1.82, 2.24) is 9.80 Å². The molecule has 0 spiro atoms. The fourth-order valence-corrected chi connectivity index (χ4v) is 3.20. The highest BCUT2D eigenvalue weighted by Gasteiger charge is 2.23. The van der Waals surface area contributed by atoms with Crippen molar-refractivity contribution in [2.24, 2.45) is 5.73 Å². The minimum atomic E-state index is -0.396.